The summed E-state index contributed by atoms with van der Waals surface area (Å²) in [6.45, 7) is 0. The van der Waals surface area contributed by atoms with Crippen LogP contribution < -0.4 is 9.47 Å². The van der Waals surface area contributed by atoms with Crippen LogP contribution in [0.15, 0.2) is 60.7 Å². The fourth-order valence-electron chi connectivity index (χ4n) is 2.33. The fraction of sp³-hybridized carbons (Fsp3) is 0.250. The summed E-state index contributed by atoms with van der Waals surface area (Å²) in [6.07, 6.45) is 0. The normalized spacial score (nSPS) is 21.4. The highest BCUT2D eigenvalue weighted by atomic mass is 79.9. The summed E-state index contributed by atoms with van der Waals surface area (Å²) in [4.78, 5) is 0. The van der Waals surface area contributed by atoms with E-state index in [2.05, 4.69) is 9.47 Å². The van der Waals surface area contributed by atoms with E-state index in [0.717, 1.165) is 24.3 Å². The predicted molar refractivity (Wildman–Crippen MR) is 82.0 cm³/mol. The molecule has 9 heteroatoms. The Hall–Kier alpha value is -1.90. The van der Waals surface area contributed by atoms with Gasteiger partial charge in [0, 0.05) is 0 Å². The van der Waals surface area contributed by atoms with Gasteiger partial charge in [0.2, 0.25) is 0 Å². The molecule has 0 heterocycles. The number of para-hydroxylation sites is 2. The molecule has 2 nitrogen and oxygen atoms in total. The van der Waals surface area contributed by atoms with Crippen LogP contribution in [0, 0.1) is 0 Å². The first-order valence-corrected chi connectivity index (χ1v) is 6.77. The van der Waals surface area contributed by atoms with E-state index in [9.17, 15) is 26.3 Å². The van der Waals surface area contributed by atoms with E-state index in [4.69, 9.17) is 0 Å². The van der Waals surface area contributed by atoms with Crippen LogP contribution in [0.2, 0.25) is 0 Å². The zero-order chi connectivity index (χ0) is 17.6. The lowest BCUT2D eigenvalue weighted by Crippen LogP contribution is -2.90. The lowest BCUT2D eigenvalue weighted by atomic mass is 9.76. The number of ether oxygens (including phenoxy) is 2. The smallest absolute Gasteiger partial charge is 0.398 e. The molecule has 0 aromatic heterocycles. The Bertz CT molecular complexity index is 662. The summed E-state index contributed by atoms with van der Waals surface area (Å²) in [7, 11) is 0. The zero-order valence-corrected chi connectivity index (χ0v) is 14.0. The molecule has 0 aliphatic heterocycles. The van der Waals surface area contributed by atoms with Crippen molar-refractivity contribution >= 4 is 17.0 Å². The lowest BCUT2D eigenvalue weighted by molar-refractivity contribution is -0.527. The molecule has 0 atom stereocenters. The fourth-order valence-corrected chi connectivity index (χ4v) is 2.33. The minimum Gasteiger partial charge on any atom is -0.442 e. The van der Waals surface area contributed by atoms with Crippen molar-refractivity contribution in [3.05, 3.63) is 60.7 Å². The number of alkyl halides is 6. The Labute approximate surface area is 149 Å². The molecule has 1 saturated carbocycles. The summed E-state index contributed by atoms with van der Waals surface area (Å²) in [5, 5.41) is 0. The monoisotopic (exact) mass is 428 g/mol. The van der Waals surface area contributed by atoms with Gasteiger partial charge >= 0.3 is 23.6 Å². The summed E-state index contributed by atoms with van der Waals surface area (Å²) >= 11 is 0. The largest absolute Gasteiger partial charge is 0.442 e. The van der Waals surface area contributed by atoms with Crippen molar-refractivity contribution in [3.63, 3.8) is 0 Å². The van der Waals surface area contributed by atoms with E-state index >= 15 is 0 Å². The maximum absolute atomic E-state index is 14.0. The molecule has 2 aromatic carbocycles. The molecule has 136 valence electrons. The second kappa shape index (κ2) is 6.12. The molecule has 0 bridgehead atoms. The highest BCUT2D eigenvalue weighted by molar-refractivity contribution is 8.93. The molecular weight excluding hydrogens is 418 g/mol. The second-order valence-corrected chi connectivity index (χ2v) is 5.17. The molecule has 1 fully saturated rings. The van der Waals surface area contributed by atoms with Gasteiger partial charge in [0.15, 0.2) is 0 Å². The van der Waals surface area contributed by atoms with Crippen molar-refractivity contribution in [1.82, 2.24) is 0 Å². The molecule has 0 saturated heterocycles. The summed E-state index contributed by atoms with van der Waals surface area (Å²) in [6, 6.07) is 12.6. The molecule has 0 N–H and O–H groups in total. The molecule has 3 rings (SSSR count). The van der Waals surface area contributed by atoms with E-state index in [1.165, 1.54) is 36.4 Å². The number of hydrogen-bond acceptors (Lipinski definition) is 2. The van der Waals surface area contributed by atoms with E-state index < -0.39 is 35.1 Å². The molecule has 0 unspecified atom stereocenters. The average Bonchev–Trinajstić information content (AvgIpc) is 2.55. The van der Waals surface area contributed by atoms with Crippen molar-refractivity contribution in [2.45, 2.75) is 23.6 Å². The molecule has 0 amide bonds. The SMILES string of the molecule is Br.FC1(F)C(F)(F)C(Oc2ccccc2)(Oc2ccccc2)C1(F)F. The van der Waals surface area contributed by atoms with Gasteiger partial charge in [-0.1, -0.05) is 36.4 Å². The van der Waals surface area contributed by atoms with E-state index in [0.29, 0.717) is 0 Å². The van der Waals surface area contributed by atoms with Crippen molar-refractivity contribution in [2.24, 2.45) is 0 Å². The van der Waals surface area contributed by atoms with Crippen LogP contribution >= 0.6 is 17.0 Å². The Morgan fingerprint density at radius 2 is 0.840 bits per heavy atom. The highest BCUT2D eigenvalue weighted by Gasteiger charge is 3.03. The summed E-state index contributed by atoms with van der Waals surface area (Å²) < 4.78 is 92.0. The molecular formula is C16H11BrF6O2. The van der Waals surface area contributed by atoms with Gasteiger partial charge in [0.1, 0.15) is 11.5 Å². The molecule has 1 aliphatic rings. The Morgan fingerprint density at radius 1 is 0.520 bits per heavy atom. The molecule has 0 radical (unpaired) electrons. The standard InChI is InChI=1S/C16H10F6O2.BrH/c17-13(18)14(19,20)16(15(13,21)22,23-11-7-3-1-4-8-11)24-12-9-5-2-6-10-12;/h1-10H;1H. The third kappa shape index (κ3) is 2.47. The van der Waals surface area contributed by atoms with Gasteiger partial charge < -0.3 is 9.47 Å². The van der Waals surface area contributed by atoms with E-state index in [-0.39, 0.29) is 17.0 Å². The average molecular weight is 429 g/mol. The van der Waals surface area contributed by atoms with Crippen molar-refractivity contribution in [1.29, 1.82) is 0 Å². The van der Waals surface area contributed by atoms with Gasteiger partial charge in [-0.05, 0) is 24.3 Å². The van der Waals surface area contributed by atoms with Crippen LogP contribution in [0.1, 0.15) is 0 Å². The molecule has 2 aromatic rings. The minimum absolute atomic E-state index is 0. The van der Waals surface area contributed by atoms with E-state index in [1.54, 1.807) is 0 Å². The van der Waals surface area contributed by atoms with Gasteiger partial charge in [-0.2, -0.15) is 26.3 Å². The Morgan fingerprint density at radius 3 is 1.16 bits per heavy atom. The van der Waals surface area contributed by atoms with Gasteiger partial charge in [0.25, 0.3) is 0 Å². The van der Waals surface area contributed by atoms with Crippen LogP contribution in [-0.2, 0) is 0 Å². The van der Waals surface area contributed by atoms with Crippen LogP contribution in [-0.4, -0.2) is 23.6 Å². The first-order valence-electron chi connectivity index (χ1n) is 6.77. The van der Waals surface area contributed by atoms with Crippen LogP contribution in [0.3, 0.4) is 0 Å². The topological polar surface area (TPSA) is 18.5 Å². The maximum atomic E-state index is 14.0. The predicted octanol–water partition coefficient (Wildman–Crippen LogP) is 5.34. The van der Waals surface area contributed by atoms with Gasteiger partial charge in [-0.25, -0.2) is 0 Å². The molecule has 25 heavy (non-hydrogen) atoms. The van der Waals surface area contributed by atoms with Gasteiger partial charge in [0.05, 0.1) is 0 Å². The zero-order valence-electron chi connectivity index (χ0n) is 12.3. The highest BCUT2D eigenvalue weighted by Crippen LogP contribution is 2.68. The lowest BCUT2D eigenvalue weighted by Gasteiger charge is -2.56. The number of rotatable bonds is 4. The van der Waals surface area contributed by atoms with Gasteiger partial charge in [-0.15, -0.1) is 17.0 Å². The first-order chi connectivity index (χ1) is 11.2. The third-order valence-electron chi connectivity index (χ3n) is 3.62. The van der Waals surface area contributed by atoms with Crippen LogP contribution in [0.25, 0.3) is 0 Å². The van der Waals surface area contributed by atoms with Crippen LogP contribution in [0.5, 0.6) is 11.5 Å². The third-order valence-corrected chi connectivity index (χ3v) is 3.62. The van der Waals surface area contributed by atoms with E-state index in [1.807, 2.05) is 0 Å². The van der Waals surface area contributed by atoms with Crippen molar-refractivity contribution in [2.75, 3.05) is 0 Å². The van der Waals surface area contributed by atoms with Crippen molar-refractivity contribution < 1.29 is 35.8 Å². The quantitative estimate of drug-likeness (QED) is 0.483. The van der Waals surface area contributed by atoms with Crippen molar-refractivity contribution in [3.8, 4) is 11.5 Å². The Balaban J connectivity index is 0.00000225. The molecule has 1 aliphatic carbocycles. The number of benzene rings is 2. The maximum Gasteiger partial charge on any atom is 0.398 e. The van der Waals surface area contributed by atoms with Gasteiger partial charge in [-0.3, -0.25) is 0 Å². The number of halogens is 7. The minimum atomic E-state index is -5.61. The Kier molecular flexibility index (Phi) is 4.75. The summed E-state index contributed by atoms with van der Waals surface area (Å²) in [5.74, 6) is -21.2. The summed E-state index contributed by atoms with van der Waals surface area (Å²) in [5.41, 5.74) is 0. The first kappa shape index (κ1) is 19.4. The number of hydrogen-bond donors (Lipinski definition) is 0. The second-order valence-electron chi connectivity index (χ2n) is 5.17. The molecule has 0 spiro atoms. The van der Waals surface area contributed by atoms with Crippen LogP contribution in [0.4, 0.5) is 26.3 Å².